The number of thiocarbonyl (C=S) groups is 1. The lowest BCUT2D eigenvalue weighted by Gasteiger charge is -2.30. The van der Waals surface area contributed by atoms with Crippen molar-refractivity contribution in [1.29, 1.82) is 0 Å². The van der Waals surface area contributed by atoms with Gasteiger partial charge in [0.25, 0.3) is 0 Å². The van der Waals surface area contributed by atoms with Gasteiger partial charge in [0.2, 0.25) is 5.75 Å². The fourth-order valence-corrected chi connectivity index (χ4v) is 3.06. The Bertz CT molecular complexity index is 775. The molecule has 2 N–H and O–H groups in total. The molecule has 1 aromatic rings. The largest absolute Gasteiger partial charge is 0.490 e. The summed E-state index contributed by atoms with van der Waals surface area (Å²) >= 11 is 5.16. The normalized spacial score (nSPS) is 16.8. The van der Waals surface area contributed by atoms with Crippen LogP contribution < -0.4 is 20.1 Å². The minimum absolute atomic E-state index is 0.0391. The van der Waals surface area contributed by atoms with Gasteiger partial charge in [-0.2, -0.15) is 0 Å². The monoisotopic (exact) mass is 365 g/mol. The van der Waals surface area contributed by atoms with Crippen molar-refractivity contribution in [3.8, 4) is 11.5 Å². The van der Waals surface area contributed by atoms with Crippen molar-refractivity contribution in [2.75, 3.05) is 13.7 Å². The van der Waals surface area contributed by atoms with Gasteiger partial charge in [0.1, 0.15) is 0 Å². The number of benzene rings is 1. The highest BCUT2D eigenvalue weighted by atomic mass is 32.1. The third-order valence-electron chi connectivity index (χ3n) is 3.74. The molecule has 1 heterocycles. The number of ketones is 1. The molecule has 9 heteroatoms. The molecule has 25 heavy (non-hydrogen) atoms. The van der Waals surface area contributed by atoms with Crippen LogP contribution in [0.15, 0.2) is 23.4 Å². The van der Waals surface area contributed by atoms with Gasteiger partial charge < -0.3 is 20.1 Å². The van der Waals surface area contributed by atoms with Crippen molar-refractivity contribution in [3.05, 3.63) is 39.1 Å². The van der Waals surface area contributed by atoms with Crippen LogP contribution in [0.2, 0.25) is 0 Å². The first-order valence-corrected chi connectivity index (χ1v) is 7.99. The van der Waals surface area contributed by atoms with E-state index in [2.05, 4.69) is 10.6 Å². The van der Waals surface area contributed by atoms with Gasteiger partial charge in [-0.3, -0.25) is 14.9 Å². The van der Waals surface area contributed by atoms with E-state index in [0.717, 1.165) is 0 Å². The zero-order valence-electron chi connectivity index (χ0n) is 14.3. The quantitative estimate of drug-likeness (QED) is 0.450. The number of nitrogens with one attached hydrogen (secondary N) is 2. The topological polar surface area (TPSA) is 103 Å². The minimum atomic E-state index is -0.616. The molecule has 8 nitrogen and oxygen atoms in total. The number of nitro benzene ring substituents is 1. The zero-order chi connectivity index (χ0) is 18.7. The van der Waals surface area contributed by atoms with Crippen LogP contribution in [0.4, 0.5) is 5.69 Å². The molecule has 0 radical (unpaired) electrons. The summed E-state index contributed by atoms with van der Waals surface area (Å²) in [6, 6.07) is 2.37. The Labute approximate surface area is 150 Å². The van der Waals surface area contributed by atoms with Crippen molar-refractivity contribution >= 4 is 28.8 Å². The van der Waals surface area contributed by atoms with Crippen LogP contribution in [0.5, 0.6) is 11.5 Å². The summed E-state index contributed by atoms with van der Waals surface area (Å²) in [5.74, 6) is 0.111. The highest BCUT2D eigenvalue weighted by Crippen LogP contribution is 2.41. The predicted molar refractivity (Wildman–Crippen MR) is 95.8 cm³/mol. The Kier molecular flexibility index (Phi) is 5.58. The summed E-state index contributed by atoms with van der Waals surface area (Å²) in [6.07, 6.45) is 0. The van der Waals surface area contributed by atoms with E-state index >= 15 is 0 Å². The van der Waals surface area contributed by atoms with Gasteiger partial charge in [-0.05, 0) is 44.6 Å². The third kappa shape index (κ3) is 3.71. The van der Waals surface area contributed by atoms with Gasteiger partial charge in [-0.25, -0.2) is 0 Å². The number of rotatable bonds is 6. The third-order valence-corrected chi connectivity index (χ3v) is 3.96. The highest BCUT2D eigenvalue weighted by Gasteiger charge is 2.31. The second-order valence-electron chi connectivity index (χ2n) is 5.39. The molecular weight excluding hydrogens is 346 g/mol. The number of carbonyl (C=O) groups is 1. The summed E-state index contributed by atoms with van der Waals surface area (Å²) in [4.78, 5) is 23.0. The lowest BCUT2D eigenvalue weighted by Crippen LogP contribution is -2.44. The Balaban J connectivity index is 2.68. The molecule has 0 fully saturated rings. The van der Waals surface area contributed by atoms with E-state index in [1.54, 1.807) is 19.9 Å². The van der Waals surface area contributed by atoms with Crippen molar-refractivity contribution in [1.82, 2.24) is 10.6 Å². The van der Waals surface area contributed by atoms with Crippen molar-refractivity contribution in [2.24, 2.45) is 0 Å². The Morgan fingerprint density at radius 3 is 2.64 bits per heavy atom. The molecule has 0 aliphatic carbocycles. The fourth-order valence-electron chi connectivity index (χ4n) is 2.79. The average Bonchev–Trinajstić information content (AvgIpc) is 2.53. The number of carbonyl (C=O) groups excluding carboxylic acids is 1. The number of nitro groups is 1. The number of methoxy groups -OCH3 is 1. The van der Waals surface area contributed by atoms with Gasteiger partial charge in [-0.15, -0.1) is 0 Å². The molecule has 0 amide bonds. The van der Waals surface area contributed by atoms with Crippen LogP contribution in [0, 0.1) is 10.1 Å². The SMILES string of the molecule is CCOc1cc(C2NC(=S)NC(C)=C2C(C)=O)cc([N+](=O)[O-])c1OC. The summed E-state index contributed by atoms with van der Waals surface area (Å²) in [7, 11) is 1.34. The number of hydrogen-bond donors (Lipinski definition) is 2. The first-order valence-electron chi connectivity index (χ1n) is 7.58. The van der Waals surface area contributed by atoms with E-state index in [-0.39, 0.29) is 23.0 Å². The highest BCUT2D eigenvalue weighted by molar-refractivity contribution is 7.80. The first kappa shape index (κ1) is 18.7. The molecule has 0 saturated heterocycles. The molecule has 0 saturated carbocycles. The van der Waals surface area contributed by atoms with E-state index in [0.29, 0.717) is 28.6 Å². The van der Waals surface area contributed by atoms with E-state index < -0.39 is 11.0 Å². The maximum atomic E-state index is 12.1. The zero-order valence-corrected chi connectivity index (χ0v) is 15.2. The summed E-state index contributed by atoms with van der Waals surface area (Å²) < 4.78 is 10.6. The van der Waals surface area contributed by atoms with Crippen LogP contribution in [0.25, 0.3) is 0 Å². The minimum Gasteiger partial charge on any atom is -0.490 e. The Morgan fingerprint density at radius 1 is 1.44 bits per heavy atom. The molecular formula is C16H19N3O5S. The summed E-state index contributed by atoms with van der Waals surface area (Å²) in [5, 5.41) is 17.7. The number of allylic oxidation sites excluding steroid dienone is 1. The number of nitrogens with zero attached hydrogens (tertiary/aromatic N) is 1. The van der Waals surface area contributed by atoms with Crippen LogP contribution in [0.3, 0.4) is 0 Å². The molecule has 1 aliphatic heterocycles. The van der Waals surface area contributed by atoms with E-state index in [4.69, 9.17) is 21.7 Å². The lowest BCUT2D eigenvalue weighted by molar-refractivity contribution is -0.385. The molecule has 2 rings (SSSR count). The second-order valence-corrected chi connectivity index (χ2v) is 5.80. The molecule has 1 unspecified atom stereocenters. The van der Waals surface area contributed by atoms with Crippen molar-refractivity contribution in [3.63, 3.8) is 0 Å². The smallest absolute Gasteiger partial charge is 0.315 e. The molecule has 0 bridgehead atoms. The molecule has 0 aromatic heterocycles. The van der Waals surface area contributed by atoms with Gasteiger partial charge in [-0.1, -0.05) is 0 Å². The predicted octanol–water partition coefficient (Wildman–Crippen LogP) is 2.38. The number of Topliss-reactive ketones (excluding diaryl/α,β-unsaturated/α-hetero) is 1. The lowest BCUT2D eigenvalue weighted by atomic mass is 9.92. The molecule has 134 valence electrons. The van der Waals surface area contributed by atoms with Crippen LogP contribution in [-0.4, -0.2) is 29.5 Å². The van der Waals surface area contributed by atoms with Gasteiger partial charge in [0.05, 0.1) is 24.7 Å². The average molecular weight is 365 g/mol. The Hall–Kier alpha value is -2.68. The second kappa shape index (κ2) is 7.47. The number of hydrogen-bond acceptors (Lipinski definition) is 6. The van der Waals surface area contributed by atoms with Crippen LogP contribution >= 0.6 is 12.2 Å². The van der Waals surface area contributed by atoms with E-state index in [1.165, 1.54) is 20.1 Å². The fraction of sp³-hybridized carbons (Fsp3) is 0.375. The molecule has 1 aromatic carbocycles. The maximum absolute atomic E-state index is 12.1. The van der Waals surface area contributed by atoms with Crippen molar-refractivity contribution < 1.29 is 19.2 Å². The van der Waals surface area contributed by atoms with Crippen molar-refractivity contribution in [2.45, 2.75) is 26.8 Å². The van der Waals surface area contributed by atoms with E-state index in [1.807, 2.05) is 0 Å². The standard InChI is InChI=1S/C16H19N3O5S/c1-5-24-12-7-10(6-11(19(21)22)15(12)23-4)14-13(9(3)20)8(2)17-16(25)18-14/h6-7,14H,5H2,1-4H3,(H2,17,18,25). The van der Waals surface area contributed by atoms with Gasteiger partial charge in [0, 0.05) is 17.3 Å². The van der Waals surface area contributed by atoms with E-state index in [9.17, 15) is 14.9 Å². The maximum Gasteiger partial charge on any atom is 0.315 e. The summed E-state index contributed by atoms with van der Waals surface area (Å²) in [6.45, 7) is 5.24. The first-order chi connectivity index (χ1) is 11.8. The molecule has 1 atom stereocenters. The Morgan fingerprint density at radius 2 is 2.12 bits per heavy atom. The molecule has 0 spiro atoms. The molecule has 1 aliphatic rings. The van der Waals surface area contributed by atoms with Gasteiger partial charge in [0.15, 0.2) is 16.6 Å². The van der Waals surface area contributed by atoms with Gasteiger partial charge >= 0.3 is 5.69 Å². The number of ether oxygens (including phenoxy) is 2. The summed E-state index contributed by atoms with van der Waals surface area (Å²) in [5.41, 5.74) is 1.31. The van der Waals surface area contributed by atoms with Crippen LogP contribution in [0.1, 0.15) is 32.4 Å². The van der Waals surface area contributed by atoms with Crippen LogP contribution in [-0.2, 0) is 4.79 Å².